The van der Waals surface area contributed by atoms with Crippen molar-refractivity contribution >= 4 is 17.3 Å². The Morgan fingerprint density at radius 3 is 2.67 bits per heavy atom. The summed E-state index contributed by atoms with van der Waals surface area (Å²) in [4.78, 5) is 11.7. The number of aryl methyl sites for hydroxylation is 2. The summed E-state index contributed by atoms with van der Waals surface area (Å²) >= 11 is 0. The highest BCUT2D eigenvalue weighted by Gasteiger charge is 2.07. The van der Waals surface area contributed by atoms with Crippen LogP contribution in [-0.4, -0.2) is 22.2 Å². The number of anilines is 2. The van der Waals surface area contributed by atoms with Gasteiger partial charge in [-0.15, -0.1) is 0 Å². The van der Waals surface area contributed by atoms with Crippen LogP contribution in [-0.2, 0) is 11.8 Å². The summed E-state index contributed by atoms with van der Waals surface area (Å²) in [5, 5.41) is 10.0. The number of hydrogen-bond acceptors (Lipinski definition) is 3. The standard InChI is InChI=1S/C13H16N4O/c1-10-12(9-17(2)16-10)15-13(18)8-14-11-6-4-3-5-7-11/h3-7,9,14H,8H2,1-2H3,(H,15,18). The van der Waals surface area contributed by atoms with Gasteiger partial charge in [0.25, 0.3) is 0 Å². The molecule has 18 heavy (non-hydrogen) atoms. The molecule has 0 spiro atoms. The zero-order valence-electron chi connectivity index (χ0n) is 10.5. The zero-order chi connectivity index (χ0) is 13.0. The van der Waals surface area contributed by atoms with E-state index in [1.54, 1.807) is 10.9 Å². The lowest BCUT2D eigenvalue weighted by atomic mass is 10.3. The fourth-order valence-electron chi connectivity index (χ4n) is 1.66. The molecule has 2 aromatic rings. The van der Waals surface area contributed by atoms with Crippen LogP contribution in [0.4, 0.5) is 11.4 Å². The lowest BCUT2D eigenvalue weighted by molar-refractivity contribution is -0.114. The van der Waals surface area contributed by atoms with Crippen LogP contribution in [0.2, 0.25) is 0 Å². The van der Waals surface area contributed by atoms with Crippen molar-refractivity contribution in [2.75, 3.05) is 17.2 Å². The van der Waals surface area contributed by atoms with E-state index in [2.05, 4.69) is 15.7 Å². The Morgan fingerprint density at radius 1 is 1.33 bits per heavy atom. The van der Waals surface area contributed by atoms with E-state index in [-0.39, 0.29) is 12.5 Å². The van der Waals surface area contributed by atoms with Gasteiger partial charge in [0, 0.05) is 18.9 Å². The lowest BCUT2D eigenvalue weighted by Crippen LogP contribution is -2.21. The van der Waals surface area contributed by atoms with E-state index in [9.17, 15) is 4.79 Å². The average Bonchev–Trinajstić information content (AvgIpc) is 2.67. The third-order valence-electron chi connectivity index (χ3n) is 2.51. The number of hydrogen-bond donors (Lipinski definition) is 2. The first kappa shape index (κ1) is 12.2. The minimum absolute atomic E-state index is 0.0880. The van der Waals surface area contributed by atoms with Gasteiger partial charge in [-0.2, -0.15) is 5.10 Å². The van der Waals surface area contributed by atoms with Gasteiger partial charge in [-0.1, -0.05) is 18.2 Å². The number of amides is 1. The van der Waals surface area contributed by atoms with Gasteiger partial charge in [-0.3, -0.25) is 9.48 Å². The first-order valence-electron chi connectivity index (χ1n) is 5.74. The van der Waals surface area contributed by atoms with Crippen molar-refractivity contribution in [2.24, 2.45) is 7.05 Å². The van der Waals surface area contributed by atoms with E-state index in [4.69, 9.17) is 0 Å². The first-order valence-corrected chi connectivity index (χ1v) is 5.74. The van der Waals surface area contributed by atoms with Crippen molar-refractivity contribution in [2.45, 2.75) is 6.92 Å². The van der Waals surface area contributed by atoms with Gasteiger partial charge in [0.05, 0.1) is 17.9 Å². The summed E-state index contributed by atoms with van der Waals surface area (Å²) in [6.45, 7) is 2.10. The number of benzene rings is 1. The van der Waals surface area contributed by atoms with Crippen LogP contribution in [0, 0.1) is 6.92 Å². The molecule has 0 fully saturated rings. The van der Waals surface area contributed by atoms with Crippen LogP contribution in [0.25, 0.3) is 0 Å². The highest BCUT2D eigenvalue weighted by atomic mass is 16.1. The fourth-order valence-corrected chi connectivity index (χ4v) is 1.66. The molecule has 0 aliphatic heterocycles. The topological polar surface area (TPSA) is 59.0 Å². The van der Waals surface area contributed by atoms with E-state index >= 15 is 0 Å². The number of rotatable bonds is 4. The van der Waals surface area contributed by atoms with Crippen LogP contribution < -0.4 is 10.6 Å². The molecule has 0 atom stereocenters. The van der Waals surface area contributed by atoms with E-state index in [0.29, 0.717) is 0 Å². The highest BCUT2D eigenvalue weighted by molar-refractivity contribution is 5.94. The van der Waals surface area contributed by atoms with E-state index in [0.717, 1.165) is 17.1 Å². The zero-order valence-corrected chi connectivity index (χ0v) is 10.5. The number of nitrogens with one attached hydrogen (secondary N) is 2. The van der Waals surface area contributed by atoms with E-state index < -0.39 is 0 Å². The molecule has 5 heteroatoms. The number of para-hydroxylation sites is 1. The molecule has 2 rings (SSSR count). The molecule has 0 saturated heterocycles. The van der Waals surface area contributed by atoms with Crippen LogP contribution in [0.15, 0.2) is 36.5 Å². The molecule has 1 aromatic carbocycles. The third kappa shape index (κ3) is 3.10. The maximum atomic E-state index is 11.7. The largest absolute Gasteiger partial charge is 0.376 e. The maximum Gasteiger partial charge on any atom is 0.243 e. The van der Waals surface area contributed by atoms with Crippen molar-refractivity contribution < 1.29 is 4.79 Å². The molecule has 0 bridgehead atoms. The van der Waals surface area contributed by atoms with Gasteiger partial charge in [0.15, 0.2) is 0 Å². The SMILES string of the molecule is Cc1nn(C)cc1NC(=O)CNc1ccccc1. The predicted molar refractivity (Wildman–Crippen MR) is 71.5 cm³/mol. The molecule has 94 valence electrons. The van der Waals surface area contributed by atoms with Gasteiger partial charge >= 0.3 is 0 Å². The Labute approximate surface area is 106 Å². The lowest BCUT2D eigenvalue weighted by Gasteiger charge is -2.06. The third-order valence-corrected chi connectivity index (χ3v) is 2.51. The van der Waals surface area contributed by atoms with Gasteiger partial charge < -0.3 is 10.6 Å². The maximum absolute atomic E-state index is 11.7. The normalized spacial score (nSPS) is 10.1. The van der Waals surface area contributed by atoms with Gasteiger partial charge in [0.1, 0.15) is 0 Å². The summed E-state index contributed by atoms with van der Waals surface area (Å²) in [5.41, 5.74) is 2.48. The van der Waals surface area contributed by atoms with Gasteiger partial charge in [-0.25, -0.2) is 0 Å². The molecule has 1 amide bonds. The van der Waals surface area contributed by atoms with Crippen molar-refractivity contribution in [3.8, 4) is 0 Å². The molecule has 0 radical (unpaired) electrons. The Hall–Kier alpha value is -2.30. The molecule has 1 aromatic heterocycles. The second kappa shape index (κ2) is 5.35. The Bertz CT molecular complexity index is 533. The summed E-state index contributed by atoms with van der Waals surface area (Å²) in [7, 11) is 1.82. The summed E-state index contributed by atoms with van der Waals surface area (Å²) in [6.07, 6.45) is 1.79. The molecular weight excluding hydrogens is 228 g/mol. The number of carbonyl (C=O) groups excluding carboxylic acids is 1. The molecule has 0 unspecified atom stereocenters. The summed E-state index contributed by atoms with van der Waals surface area (Å²) < 4.78 is 1.68. The van der Waals surface area contributed by atoms with E-state index in [1.807, 2.05) is 44.3 Å². The van der Waals surface area contributed by atoms with Crippen molar-refractivity contribution in [3.05, 3.63) is 42.2 Å². The molecule has 2 N–H and O–H groups in total. The van der Waals surface area contributed by atoms with Crippen LogP contribution >= 0.6 is 0 Å². The van der Waals surface area contributed by atoms with Crippen LogP contribution in [0.3, 0.4) is 0 Å². The molecule has 0 saturated carbocycles. The fraction of sp³-hybridized carbons (Fsp3) is 0.231. The second-order valence-electron chi connectivity index (χ2n) is 4.07. The van der Waals surface area contributed by atoms with Gasteiger partial charge in [-0.05, 0) is 19.1 Å². The minimum atomic E-state index is -0.0880. The van der Waals surface area contributed by atoms with Crippen molar-refractivity contribution in [1.82, 2.24) is 9.78 Å². The number of aromatic nitrogens is 2. The molecule has 0 aliphatic carbocycles. The molecular formula is C13H16N4O. The van der Waals surface area contributed by atoms with E-state index in [1.165, 1.54) is 0 Å². The second-order valence-corrected chi connectivity index (χ2v) is 4.07. The molecule has 0 aliphatic rings. The van der Waals surface area contributed by atoms with Crippen LogP contribution in [0.5, 0.6) is 0 Å². The molecule has 5 nitrogen and oxygen atoms in total. The van der Waals surface area contributed by atoms with Crippen LogP contribution in [0.1, 0.15) is 5.69 Å². The Morgan fingerprint density at radius 2 is 2.06 bits per heavy atom. The summed E-state index contributed by atoms with van der Waals surface area (Å²) in [6, 6.07) is 9.62. The average molecular weight is 244 g/mol. The monoisotopic (exact) mass is 244 g/mol. The van der Waals surface area contributed by atoms with Crippen molar-refractivity contribution in [1.29, 1.82) is 0 Å². The highest BCUT2D eigenvalue weighted by Crippen LogP contribution is 2.11. The first-order chi connectivity index (χ1) is 8.65. The Kier molecular flexibility index (Phi) is 3.62. The van der Waals surface area contributed by atoms with Crippen molar-refractivity contribution in [3.63, 3.8) is 0 Å². The minimum Gasteiger partial charge on any atom is -0.376 e. The smallest absolute Gasteiger partial charge is 0.243 e. The number of nitrogens with zero attached hydrogens (tertiary/aromatic N) is 2. The summed E-state index contributed by atoms with van der Waals surface area (Å²) in [5.74, 6) is -0.0880. The predicted octanol–water partition coefficient (Wildman–Crippen LogP) is 1.78. The number of carbonyl (C=O) groups is 1. The van der Waals surface area contributed by atoms with Gasteiger partial charge in [0.2, 0.25) is 5.91 Å². The quantitative estimate of drug-likeness (QED) is 0.862. The Balaban J connectivity index is 1.88. The molecule has 1 heterocycles.